The molecule has 7 heteroatoms. The van der Waals surface area contributed by atoms with E-state index in [1.54, 1.807) is 12.3 Å². The van der Waals surface area contributed by atoms with Crippen molar-refractivity contribution in [2.75, 3.05) is 6.54 Å². The number of rotatable bonds is 3. The van der Waals surface area contributed by atoms with Crippen molar-refractivity contribution in [1.29, 1.82) is 0 Å². The van der Waals surface area contributed by atoms with Gasteiger partial charge in [-0.05, 0) is 0 Å². The van der Waals surface area contributed by atoms with E-state index in [4.69, 9.17) is 5.11 Å². The Bertz CT molecular complexity index is 644. The molecule has 1 unspecified atom stereocenters. The molecule has 3 heterocycles. The van der Waals surface area contributed by atoms with E-state index >= 15 is 0 Å². The molecule has 0 saturated heterocycles. The Balaban J connectivity index is 1.74. The number of imidazole rings is 1. The highest BCUT2D eigenvalue weighted by Gasteiger charge is 2.30. The van der Waals surface area contributed by atoms with Crippen molar-refractivity contribution in [3.63, 3.8) is 0 Å². The van der Waals surface area contributed by atoms with Gasteiger partial charge in [-0.3, -0.25) is 9.20 Å². The molecule has 1 aliphatic rings. The lowest BCUT2D eigenvalue weighted by molar-refractivity contribution is -0.146. The summed E-state index contributed by atoms with van der Waals surface area (Å²) in [4.78, 5) is 29.6. The summed E-state index contributed by atoms with van der Waals surface area (Å²) in [5.74, 6) is -1.23. The summed E-state index contributed by atoms with van der Waals surface area (Å²) in [6, 6.07) is -0.851. The first-order chi connectivity index (χ1) is 9.15. The summed E-state index contributed by atoms with van der Waals surface area (Å²) in [6.45, 7) is 0.345. The van der Waals surface area contributed by atoms with Crippen LogP contribution < -0.4 is 0 Å². The standard InChI is InChI=1S/C12H11N3O3S/c16-10(15-3-1-2-9(15)11(17)18)6-8-7-14-4-5-19-12(14)13-8/h1-2,4-5,7,9H,3,6H2,(H,17,18). The number of fused-ring (bicyclic) bond motifs is 1. The molecule has 6 nitrogen and oxygen atoms in total. The summed E-state index contributed by atoms with van der Waals surface area (Å²) in [5.41, 5.74) is 0.660. The molecule has 0 saturated carbocycles. The lowest BCUT2D eigenvalue weighted by atomic mass is 10.2. The quantitative estimate of drug-likeness (QED) is 0.842. The van der Waals surface area contributed by atoms with Crippen LogP contribution in [0.15, 0.2) is 29.9 Å². The summed E-state index contributed by atoms with van der Waals surface area (Å²) in [7, 11) is 0. The third-order valence-corrected chi connectivity index (χ3v) is 3.78. The second kappa shape index (κ2) is 4.51. The molecule has 2 aromatic rings. The van der Waals surface area contributed by atoms with Crippen LogP contribution in [0.25, 0.3) is 4.96 Å². The van der Waals surface area contributed by atoms with E-state index in [2.05, 4.69) is 4.98 Å². The molecule has 2 aromatic heterocycles. The fraction of sp³-hybridized carbons (Fsp3) is 0.250. The lowest BCUT2D eigenvalue weighted by Crippen LogP contribution is -2.41. The molecule has 19 heavy (non-hydrogen) atoms. The Kier molecular flexibility index (Phi) is 2.83. The van der Waals surface area contributed by atoms with Crippen LogP contribution in [-0.4, -0.2) is 43.9 Å². The van der Waals surface area contributed by atoms with Crippen LogP contribution in [0.4, 0.5) is 0 Å². The lowest BCUT2D eigenvalue weighted by Gasteiger charge is -2.20. The van der Waals surface area contributed by atoms with Gasteiger partial charge in [0.2, 0.25) is 5.91 Å². The van der Waals surface area contributed by atoms with E-state index in [0.717, 1.165) is 4.96 Å². The van der Waals surface area contributed by atoms with E-state index in [1.165, 1.54) is 22.3 Å². The number of aromatic nitrogens is 2. The number of hydrogen-bond acceptors (Lipinski definition) is 4. The minimum atomic E-state index is -1.01. The Morgan fingerprint density at radius 1 is 1.53 bits per heavy atom. The van der Waals surface area contributed by atoms with Crippen molar-refractivity contribution < 1.29 is 14.7 Å². The van der Waals surface area contributed by atoms with Gasteiger partial charge in [-0.25, -0.2) is 9.78 Å². The van der Waals surface area contributed by atoms with Gasteiger partial charge in [0.05, 0.1) is 12.1 Å². The topological polar surface area (TPSA) is 74.9 Å². The van der Waals surface area contributed by atoms with E-state index in [1.807, 2.05) is 16.0 Å². The highest BCUT2D eigenvalue weighted by Crippen LogP contribution is 2.15. The number of thiazole rings is 1. The van der Waals surface area contributed by atoms with Crippen LogP contribution in [0, 0.1) is 0 Å². The van der Waals surface area contributed by atoms with Crippen molar-refractivity contribution in [3.05, 3.63) is 35.6 Å². The predicted octanol–water partition coefficient (Wildman–Crippen LogP) is 0.790. The zero-order valence-corrected chi connectivity index (χ0v) is 10.7. The number of nitrogens with zero attached hydrogens (tertiary/aromatic N) is 3. The van der Waals surface area contributed by atoms with Crippen molar-refractivity contribution in [3.8, 4) is 0 Å². The number of carbonyl (C=O) groups is 2. The highest BCUT2D eigenvalue weighted by atomic mass is 32.1. The summed E-state index contributed by atoms with van der Waals surface area (Å²) in [5, 5.41) is 10.9. The maximum atomic E-state index is 12.1. The fourth-order valence-electron chi connectivity index (χ4n) is 2.11. The Morgan fingerprint density at radius 3 is 3.11 bits per heavy atom. The molecule has 0 spiro atoms. The van der Waals surface area contributed by atoms with Gasteiger partial charge in [0.15, 0.2) is 4.96 Å². The summed E-state index contributed by atoms with van der Waals surface area (Å²) >= 11 is 1.49. The molecule has 98 valence electrons. The number of hydrogen-bond donors (Lipinski definition) is 1. The van der Waals surface area contributed by atoms with Crippen LogP contribution in [0.2, 0.25) is 0 Å². The smallest absolute Gasteiger partial charge is 0.330 e. The number of carboxylic acid groups (broad SMARTS) is 1. The van der Waals surface area contributed by atoms with Gasteiger partial charge >= 0.3 is 5.97 Å². The van der Waals surface area contributed by atoms with Crippen LogP contribution in [-0.2, 0) is 16.0 Å². The molecule has 1 atom stereocenters. The van der Waals surface area contributed by atoms with E-state index in [0.29, 0.717) is 12.2 Å². The van der Waals surface area contributed by atoms with Crippen LogP contribution in [0.5, 0.6) is 0 Å². The monoisotopic (exact) mass is 277 g/mol. The number of amides is 1. The van der Waals surface area contributed by atoms with Crippen LogP contribution in [0.1, 0.15) is 5.69 Å². The van der Waals surface area contributed by atoms with E-state index in [-0.39, 0.29) is 12.3 Å². The average Bonchev–Trinajstić information content (AvgIpc) is 3.01. The fourth-order valence-corrected chi connectivity index (χ4v) is 2.83. The molecule has 1 amide bonds. The summed E-state index contributed by atoms with van der Waals surface area (Å²) < 4.78 is 1.85. The first kappa shape index (κ1) is 11.9. The largest absolute Gasteiger partial charge is 0.479 e. The molecule has 1 N–H and O–H groups in total. The van der Waals surface area contributed by atoms with Gasteiger partial charge in [0.1, 0.15) is 6.04 Å². The number of carboxylic acids is 1. The second-order valence-corrected chi connectivity index (χ2v) is 5.13. The number of carbonyl (C=O) groups excluding carboxylic acids is 1. The van der Waals surface area contributed by atoms with Crippen molar-refractivity contribution in [1.82, 2.24) is 14.3 Å². The maximum Gasteiger partial charge on any atom is 0.330 e. The van der Waals surface area contributed by atoms with Crippen molar-refractivity contribution in [2.45, 2.75) is 12.5 Å². The average molecular weight is 277 g/mol. The molecule has 0 radical (unpaired) electrons. The Hall–Kier alpha value is -2.15. The molecule has 0 bridgehead atoms. The highest BCUT2D eigenvalue weighted by molar-refractivity contribution is 7.15. The number of aliphatic carboxylic acids is 1. The normalized spacial score (nSPS) is 18.3. The predicted molar refractivity (Wildman–Crippen MR) is 69.0 cm³/mol. The van der Waals surface area contributed by atoms with Crippen molar-refractivity contribution in [2.24, 2.45) is 0 Å². The third-order valence-electron chi connectivity index (χ3n) is 3.01. The van der Waals surface area contributed by atoms with Gasteiger partial charge in [-0.2, -0.15) is 0 Å². The van der Waals surface area contributed by atoms with Gasteiger partial charge < -0.3 is 10.0 Å². The van der Waals surface area contributed by atoms with Gasteiger partial charge in [-0.15, -0.1) is 11.3 Å². The summed E-state index contributed by atoms with van der Waals surface area (Å²) in [6.07, 6.45) is 7.02. The Morgan fingerprint density at radius 2 is 2.37 bits per heavy atom. The molecule has 0 aliphatic carbocycles. The zero-order chi connectivity index (χ0) is 13.4. The second-order valence-electron chi connectivity index (χ2n) is 4.26. The van der Waals surface area contributed by atoms with Gasteiger partial charge in [-0.1, -0.05) is 12.2 Å². The minimum absolute atomic E-state index is 0.125. The molecule has 3 rings (SSSR count). The first-order valence-corrected chi connectivity index (χ1v) is 6.63. The maximum absolute atomic E-state index is 12.1. The van der Waals surface area contributed by atoms with Crippen molar-refractivity contribution >= 4 is 28.2 Å². The molecule has 1 aliphatic heterocycles. The minimum Gasteiger partial charge on any atom is -0.479 e. The molecular weight excluding hydrogens is 266 g/mol. The van der Waals surface area contributed by atoms with E-state index < -0.39 is 12.0 Å². The van der Waals surface area contributed by atoms with Crippen LogP contribution in [0.3, 0.4) is 0 Å². The zero-order valence-electron chi connectivity index (χ0n) is 9.89. The van der Waals surface area contributed by atoms with Gasteiger partial charge in [0, 0.05) is 24.3 Å². The van der Waals surface area contributed by atoms with Gasteiger partial charge in [0.25, 0.3) is 0 Å². The first-order valence-electron chi connectivity index (χ1n) is 5.75. The van der Waals surface area contributed by atoms with Crippen LogP contribution >= 0.6 is 11.3 Å². The SMILES string of the molecule is O=C(O)C1C=CCN1C(=O)Cc1cn2ccsc2n1. The molecule has 0 fully saturated rings. The molecular formula is C12H11N3O3S. The van der Waals surface area contributed by atoms with E-state index in [9.17, 15) is 9.59 Å². The molecule has 0 aromatic carbocycles. The third kappa shape index (κ3) is 2.12. The Labute approximate surface area is 112 Å².